The molecule has 1 aliphatic heterocycles. The molecule has 1 aromatic carbocycles. The molecule has 0 radical (unpaired) electrons. The van der Waals surface area contributed by atoms with Crippen molar-refractivity contribution in [3.8, 4) is 5.75 Å². The van der Waals surface area contributed by atoms with Crippen LogP contribution < -0.4 is 4.74 Å². The van der Waals surface area contributed by atoms with E-state index in [4.69, 9.17) is 4.74 Å². The molecule has 20 heavy (non-hydrogen) atoms. The number of hydrogen-bond acceptors (Lipinski definition) is 3. The number of amides is 2. The third kappa shape index (κ3) is 2.76. The monoisotopic (exact) mass is 276 g/mol. The SMILES string of the molecule is COc1cc(C)c(C(=O)N2CCN(C=O)CC2)cc1C. The first-order valence-electron chi connectivity index (χ1n) is 6.70. The number of aryl methyl sites for hydroxylation is 2. The topological polar surface area (TPSA) is 49.9 Å². The maximum absolute atomic E-state index is 12.5. The number of rotatable bonds is 3. The average molecular weight is 276 g/mol. The number of nitrogens with zero attached hydrogens (tertiary/aromatic N) is 2. The first-order valence-corrected chi connectivity index (χ1v) is 6.70. The van der Waals surface area contributed by atoms with E-state index in [1.165, 1.54) is 0 Å². The van der Waals surface area contributed by atoms with Gasteiger partial charge >= 0.3 is 0 Å². The second-order valence-electron chi connectivity index (χ2n) is 5.07. The molecule has 0 atom stereocenters. The Kier molecular flexibility index (Phi) is 4.27. The molecule has 1 fully saturated rings. The normalized spacial score (nSPS) is 15.2. The van der Waals surface area contributed by atoms with Crippen LogP contribution in [0.5, 0.6) is 5.75 Å². The highest BCUT2D eigenvalue weighted by atomic mass is 16.5. The van der Waals surface area contributed by atoms with Gasteiger partial charge < -0.3 is 14.5 Å². The maximum atomic E-state index is 12.5. The van der Waals surface area contributed by atoms with Gasteiger partial charge in [-0.3, -0.25) is 9.59 Å². The van der Waals surface area contributed by atoms with Gasteiger partial charge in [0.1, 0.15) is 5.75 Å². The number of benzene rings is 1. The minimum absolute atomic E-state index is 0.0267. The molecule has 0 unspecified atom stereocenters. The van der Waals surface area contributed by atoms with E-state index in [0.29, 0.717) is 31.7 Å². The lowest BCUT2D eigenvalue weighted by atomic mass is 10.0. The predicted molar refractivity (Wildman–Crippen MR) is 76.0 cm³/mol. The van der Waals surface area contributed by atoms with Gasteiger partial charge in [0.2, 0.25) is 6.41 Å². The second kappa shape index (κ2) is 5.94. The number of hydrogen-bond donors (Lipinski definition) is 0. The summed E-state index contributed by atoms with van der Waals surface area (Å²) in [6, 6.07) is 3.77. The molecule has 0 aliphatic carbocycles. The molecule has 1 saturated heterocycles. The second-order valence-corrected chi connectivity index (χ2v) is 5.07. The van der Waals surface area contributed by atoms with Gasteiger partial charge in [0.15, 0.2) is 0 Å². The van der Waals surface area contributed by atoms with Crippen molar-refractivity contribution in [2.24, 2.45) is 0 Å². The van der Waals surface area contributed by atoms with Crippen LogP contribution in [0.25, 0.3) is 0 Å². The first kappa shape index (κ1) is 14.4. The summed E-state index contributed by atoms with van der Waals surface area (Å²) in [4.78, 5) is 26.7. The third-order valence-corrected chi connectivity index (χ3v) is 3.72. The summed E-state index contributed by atoms with van der Waals surface area (Å²) in [5.41, 5.74) is 2.58. The van der Waals surface area contributed by atoms with Crippen LogP contribution in [-0.4, -0.2) is 55.4 Å². The van der Waals surface area contributed by atoms with Crippen molar-refractivity contribution >= 4 is 12.3 Å². The molecule has 1 heterocycles. The molecule has 0 aromatic heterocycles. The molecular weight excluding hydrogens is 256 g/mol. The molecule has 108 valence electrons. The van der Waals surface area contributed by atoms with E-state index in [1.807, 2.05) is 26.0 Å². The van der Waals surface area contributed by atoms with Gasteiger partial charge in [-0.25, -0.2) is 0 Å². The van der Waals surface area contributed by atoms with Crippen LogP contribution in [-0.2, 0) is 4.79 Å². The van der Waals surface area contributed by atoms with Crippen LogP contribution in [0.15, 0.2) is 12.1 Å². The van der Waals surface area contributed by atoms with E-state index in [9.17, 15) is 9.59 Å². The molecule has 5 nitrogen and oxygen atoms in total. The summed E-state index contributed by atoms with van der Waals surface area (Å²) < 4.78 is 5.26. The van der Waals surface area contributed by atoms with Gasteiger partial charge in [0.25, 0.3) is 5.91 Å². The Morgan fingerprint density at radius 1 is 1.15 bits per heavy atom. The zero-order chi connectivity index (χ0) is 14.7. The Bertz CT molecular complexity index is 520. The summed E-state index contributed by atoms with van der Waals surface area (Å²) in [7, 11) is 1.63. The molecular formula is C15H20N2O3. The molecule has 0 bridgehead atoms. The van der Waals surface area contributed by atoms with Crippen LogP contribution in [0, 0.1) is 13.8 Å². The van der Waals surface area contributed by atoms with Gasteiger partial charge in [0.05, 0.1) is 7.11 Å². The van der Waals surface area contributed by atoms with Crippen molar-refractivity contribution in [3.63, 3.8) is 0 Å². The lowest BCUT2D eigenvalue weighted by Crippen LogP contribution is -2.48. The van der Waals surface area contributed by atoms with Crippen molar-refractivity contribution in [1.29, 1.82) is 0 Å². The van der Waals surface area contributed by atoms with Crippen molar-refractivity contribution in [1.82, 2.24) is 9.80 Å². The summed E-state index contributed by atoms with van der Waals surface area (Å²) in [5, 5.41) is 0. The number of carbonyl (C=O) groups excluding carboxylic acids is 2. The van der Waals surface area contributed by atoms with Crippen LogP contribution >= 0.6 is 0 Å². The van der Waals surface area contributed by atoms with Crippen LogP contribution in [0.2, 0.25) is 0 Å². The average Bonchev–Trinajstić information content (AvgIpc) is 2.48. The third-order valence-electron chi connectivity index (χ3n) is 3.72. The fourth-order valence-electron chi connectivity index (χ4n) is 2.44. The molecule has 2 amide bonds. The lowest BCUT2D eigenvalue weighted by Gasteiger charge is -2.33. The summed E-state index contributed by atoms with van der Waals surface area (Å²) >= 11 is 0. The molecule has 1 aliphatic rings. The van der Waals surface area contributed by atoms with Gasteiger partial charge in [-0.1, -0.05) is 0 Å². The van der Waals surface area contributed by atoms with Crippen molar-refractivity contribution in [2.75, 3.05) is 33.3 Å². The molecule has 2 rings (SSSR count). The van der Waals surface area contributed by atoms with Crippen molar-refractivity contribution < 1.29 is 14.3 Å². The van der Waals surface area contributed by atoms with E-state index in [-0.39, 0.29) is 5.91 Å². The van der Waals surface area contributed by atoms with E-state index in [1.54, 1.807) is 16.9 Å². The Labute approximate surface area is 119 Å². The van der Waals surface area contributed by atoms with E-state index >= 15 is 0 Å². The Morgan fingerprint density at radius 2 is 1.80 bits per heavy atom. The molecule has 0 saturated carbocycles. The van der Waals surface area contributed by atoms with Gasteiger partial charge in [-0.05, 0) is 37.1 Å². The van der Waals surface area contributed by atoms with Gasteiger partial charge in [-0.2, -0.15) is 0 Å². The maximum Gasteiger partial charge on any atom is 0.254 e. The van der Waals surface area contributed by atoms with E-state index < -0.39 is 0 Å². The molecule has 5 heteroatoms. The summed E-state index contributed by atoms with van der Waals surface area (Å²) in [5.74, 6) is 0.823. The molecule has 1 aromatic rings. The Balaban J connectivity index is 2.17. The largest absolute Gasteiger partial charge is 0.496 e. The lowest BCUT2D eigenvalue weighted by molar-refractivity contribution is -0.119. The highest BCUT2D eigenvalue weighted by Gasteiger charge is 2.23. The summed E-state index contributed by atoms with van der Waals surface area (Å²) in [6.45, 7) is 6.22. The molecule has 0 spiro atoms. The standard InChI is InChI=1S/C15H20N2O3/c1-11-9-14(20-3)12(2)8-13(11)15(19)17-6-4-16(10-18)5-7-17/h8-10H,4-7H2,1-3H3. The fraction of sp³-hybridized carbons (Fsp3) is 0.467. The zero-order valence-electron chi connectivity index (χ0n) is 12.2. The highest BCUT2D eigenvalue weighted by Crippen LogP contribution is 2.23. The van der Waals surface area contributed by atoms with E-state index in [2.05, 4.69) is 0 Å². The van der Waals surface area contributed by atoms with Gasteiger partial charge in [-0.15, -0.1) is 0 Å². The first-order chi connectivity index (χ1) is 9.56. The Hall–Kier alpha value is -2.04. The number of methoxy groups -OCH3 is 1. The van der Waals surface area contributed by atoms with Crippen molar-refractivity contribution in [2.45, 2.75) is 13.8 Å². The fourth-order valence-corrected chi connectivity index (χ4v) is 2.44. The zero-order valence-corrected chi connectivity index (χ0v) is 12.2. The van der Waals surface area contributed by atoms with Crippen molar-refractivity contribution in [3.05, 3.63) is 28.8 Å². The number of piperazine rings is 1. The highest BCUT2D eigenvalue weighted by molar-refractivity contribution is 5.96. The Morgan fingerprint density at radius 3 is 2.35 bits per heavy atom. The minimum atomic E-state index is 0.0267. The van der Waals surface area contributed by atoms with Crippen LogP contribution in [0.1, 0.15) is 21.5 Å². The van der Waals surface area contributed by atoms with Crippen LogP contribution in [0.3, 0.4) is 0 Å². The molecule has 0 N–H and O–H groups in total. The smallest absolute Gasteiger partial charge is 0.254 e. The summed E-state index contributed by atoms with van der Waals surface area (Å²) in [6.07, 6.45) is 0.838. The quantitative estimate of drug-likeness (QED) is 0.780. The predicted octanol–water partition coefficient (Wildman–Crippen LogP) is 1.23. The van der Waals surface area contributed by atoms with Crippen LogP contribution in [0.4, 0.5) is 0 Å². The number of carbonyl (C=O) groups is 2. The minimum Gasteiger partial charge on any atom is -0.496 e. The van der Waals surface area contributed by atoms with E-state index in [0.717, 1.165) is 23.3 Å². The van der Waals surface area contributed by atoms with Gasteiger partial charge in [0, 0.05) is 31.7 Å². The number of ether oxygens (including phenoxy) is 1.